The number of rotatable bonds is 4. The lowest BCUT2D eigenvalue weighted by Gasteiger charge is -2.40. The number of alkyl halides is 1. The Morgan fingerprint density at radius 1 is 1.35 bits per heavy atom. The van der Waals surface area contributed by atoms with Gasteiger partial charge in [0.05, 0.1) is 14.3 Å². The Kier molecular flexibility index (Phi) is 4.75. The molecule has 1 aliphatic carbocycles. The van der Waals surface area contributed by atoms with Gasteiger partial charge in [0, 0.05) is 13.0 Å². The molecule has 5 heteroatoms. The molecule has 0 bridgehead atoms. The lowest BCUT2D eigenvalue weighted by atomic mass is 9.91. The maximum atomic E-state index is 6.11. The minimum Gasteiger partial charge on any atom is -0.485 e. The van der Waals surface area contributed by atoms with Crippen LogP contribution < -0.4 is 4.74 Å². The Morgan fingerprint density at radius 2 is 2.00 bits per heavy atom. The average Bonchev–Trinajstić information content (AvgIpc) is 2.29. The Bertz CT molecular complexity index is 380. The van der Waals surface area contributed by atoms with Gasteiger partial charge < -0.3 is 9.47 Å². The lowest BCUT2D eigenvalue weighted by molar-refractivity contribution is -0.0764. The van der Waals surface area contributed by atoms with Gasteiger partial charge in [-0.15, -0.1) is 11.6 Å². The van der Waals surface area contributed by atoms with E-state index in [0.717, 1.165) is 21.1 Å². The molecule has 3 atom stereocenters. The van der Waals surface area contributed by atoms with Gasteiger partial charge in [-0.2, -0.15) is 0 Å². The van der Waals surface area contributed by atoms with Crippen LogP contribution in [0.4, 0.5) is 0 Å². The molecule has 0 aromatic heterocycles. The normalized spacial score (nSPS) is 27.6. The molecule has 0 amide bonds. The van der Waals surface area contributed by atoms with Crippen molar-refractivity contribution in [2.45, 2.75) is 30.9 Å². The summed E-state index contributed by atoms with van der Waals surface area (Å²) in [6.45, 7) is 2.62. The first-order chi connectivity index (χ1) is 8.13. The molecule has 0 spiro atoms. The Morgan fingerprint density at radius 3 is 2.53 bits per heavy atom. The van der Waals surface area contributed by atoms with E-state index in [0.29, 0.717) is 6.61 Å². The van der Waals surface area contributed by atoms with Crippen LogP contribution in [0.15, 0.2) is 27.1 Å². The van der Waals surface area contributed by atoms with Crippen molar-refractivity contribution in [3.05, 3.63) is 27.1 Å². The molecule has 2 nitrogen and oxygen atoms in total. The van der Waals surface area contributed by atoms with Crippen molar-refractivity contribution in [3.8, 4) is 5.75 Å². The van der Waals surface area contributed by atoms with E-state index in [1.807, 2.05) is 25.1 Å². The van der Waals surface area contributed by atoms with Gasteiger partial charge in [-0.3, -0.25) is 0 Å². The lowest BCUT2D eigenvalue weighted by Crippen LogP contribution is -2.52. The van der Waals surface area contributed by atoms with Crippen molar-refractivity contribution < 1.29 is 9.47 Å². The first-order valence-corrected chi connectivity index (χ1v) is 7.52. The molecule has 17 heavy (non-hydrogen) atoms. The van der Waals surface area contributed by atoms with E-state index in [-0.39, 0.29) is 17.6 Å². The summed E-state index contributed by atoms with van der Waals surface area (Å²) in [6.07, 6.45) is 0.841. The van der Waals surface area contributed by atoms with E-state index >= 15 is 0 Å². The van der Waals surface area contributed by atoms with Gasteiger partial charge in [-0.25, -0.2) is 0 Å². The summed E-state index contributed by atoms with van der Waals surface area (Å²) >= 11 is 13.1. The van der Waals surface area contributed by atoms with Gasteiger partial charge in [0.2, 0.25) is 0 Å². The van der Waals surface area contributed by atoms with Crippen LogP contribution in [-0.4, -0.2) is 24.2 Å². The van der Waals surface area contributed by atoms with E-state index in [2.05, 4.69) is 31.9 Å². The fourth-order valence-electron chi connectivity index (χ4n) is 1.79. The highest BCUT2D eigenvalue weighted by Crippen LogP contribution is 2.39. The maximum absolute atomic E-state index is 6.11. The zero-order chi connectivity index (χ0) is 12.4. The molecule has 3 unspecified atom stereocenters. The highest BCUT2D eigenvalue weighted by molar-refractivity contribution is 9.11. The highest BCUT2D eigenvalue weighted by atomic mass is 79.9. The van der Waals surface area contributed by atoms with Gasteiger partial charge in [-0.05, 0) is 50.9 Å². The van der Waals surface area contributed by atoms with Crippen LogP contribution in [0.2, 0.25) is 0 Å². The molecule has 0 aliphatic heterocycles. The third-order valence-electron chi connectivity index (χ3n) is 2.73. The van der Waals surface area contributed by atoms with Crippen LogP contribution >= 0.6 is 43.5 Å². The van der Waals surface area contributed by atoms with Crippen LogP contribution in [0.3, 0.4) is 0 Å². The fourth-order valence-corrected chi connectivity index (χ4v) is 3.39. The monoisotopic (exact) mass is 382 g/mol. The minimum atomic E-state index is -0.0133. The molecule has 94 valence electrons. The molecule has 0 radical (unpaired) electrons. The van der Waals surface area contributed by atoms with Crippen molar-refractivity contribution in [2.75, 3.05) is 6.61 Å². The maximum Gasteiger partial charge on any atom is 0.148 e. The van der Waals surface area contributed by atoms with Crippen LogP contribution in [-0.2, 0) is 4.74 Å². The van der Waals surface area contributed by atoms with Crippen molar-refractivity contribution in [1.82, 2.24) is 0 Å². The first-order valence-electron chi connectivity index (χ1n) is 5.49. The second-order valence-electron chi connectivity index (χ2n) is 3.88. The molecule has 0 heterocycles. The summed E-state index contributed by atoms with van der Waals surface area (Å²) < 4.78 is 13.4. The van der Waals surface area contributed by atoms with Gasteiger partial charge in [0.15, 0.2) is 0 Å². The number of hydrogen-bond donors (Lipinski definition) is 0. The quantitative estimate of drug-likeness (QED) is 0.718. The number of hydrogen-bond acceptors (Lipinski definition) is 2. The SMILES string of the molecule is CCOC1C(Cl)CC1Oc1c(Br)cccc1Br. The van der Waals surface area contributed by atoms with Gasteiger partial charge in [-0.1, -0.05) is 6.07 Å². The fraction of sp³-hybridized carbons (Fsp3) is 0.500. The van der Waals surface area contributed by atoms with E-state index in [9.17, 15) is 0 Å². The second kappa shape index (κ2) is 5.91. The summed E-state index contributed by atoms with van der Waals surface area (Å²) in [5.74, 6) is 0.811. The van der Waals surface area contributed by atoms with Crippen molar-refractivity contribution in [1.29, 1.82) is 0 Å². The van der Waals surface area contributed by atoms with Gasteiger partial charge in [0.25, 0.3) is 0 Å². The zero-order valence-corrected chi connectivity index (χ0v) is 13.3. The molecule has 1 aliphatic rings. The molecular weight excluding hydrogens is 371 g/mol. The molecular formula is C12H13Br2ClO2. The Hall–Kier alpha value is 0.230. The molecule has 1 aromatic rings. The van der Waals surface area contributed by atoms with Crippen molar-refractivity contribution in [2.24, 2.45) is 0 Å². The number of ether oxygens (including phenoxy) is 2. The standard InChI is InChI=1S/C12H13Br2ClO2/c1-2-16-12-9(15)6-10(12)17-11-7(13)4-3-5-8(11)14/h3-5,9-10,12H,2,6H2,1H3. The van der Waals surface area contributed by atoms with Crippen LogP contribution in [0.5, 0.6) is 5.75 Å². The van der Waals surface area contributed by atoms with E-state index in [1.54, 1.807) is 0 Å². The third-order valence-corrected chi connectivity index (χ3v) is 4.40. The minimum absolute atomic E-state index is 0.0133. The second-order valence-corrected chi connectivity index (χ2v) is 6.15. The number of benzene rings is 1. The largest absolute Gasteiger partial charge is 0.485 e. The zero-order valence-electron chi connectivity index (χ0n) is 9.33. The van der Waals surface area contributed by atoms with E-state index in [4.69, 9.17) is 21.1 Å². The smallest absolute Gasteiger partial charge is 0.148 e. The Labute approximate surface area is 123 Å². The molecule has 1 saturated carbocycles. The Balaban J connectivity index is 2.06. The summed E-state index contributed by atoms with van der Waals surface area (Å²) in [7, 11) is 0. The third kappa shape index (κ3) is 2.98. The average molecular weight is 384 g/mol. The molecule has 0 N–H and O–H groups in total. The molecule has 1 aromatic carbocycles. The molecule has 0 saturated heterocycles. The first kappa shape index (κ1) is 13.7. The van der Waals surface area contributed by atoms with Crippen LogP contribution in [0.1, 0.15) is 13.3 Å². The number of para-hydroxylation sites is 1. The van der Waals surface area contributed by atoms with Crippen molar-refractivity contribution >= 4 is 43.5 Å². The van der Waals surface area contributed by atoms with E-state index in [1.165, 1.54) is 0 Å². The summed E-state index contributed by atoms with van der Waals surface area (Å²) in [5, 5.41) is 0.0567. The van der Waals surface area contributed by atoms with Crippen LogP contribution in [0, 0.1) is 0 Å². The predicted octanol–water partition coefficient (Wildman–Crippen LogP) is 4.38. The van der Waals surface area contributed by atoms with Crippen LogP contribution in [0.25, 0.3) is 0 Å². The van der Waals surface area contributed by atoms with Crippen molar-refractivity contribution in [3.63, 3.8) is 0 Å². The van der Waals surface area contributed by atoms with Gasteiger partial charge >= 0.3 is 0 Å². The molecule has 1 fully saturated rings. The summed E-state index contributed by atoms with van der Waals surface area (Å²) in [6, 6.07) is 5.85. The predicted molar refractivity (Wildman–Crippen MR) is 75.9 cm³/mol. The number of halogens is 3. The van der Waals surface area contributed by atoms with E-state index < -0.39 is 0 Å². The molecule has 2 rings (SSSR count). The summed E-state index contributed by atoms with van der Waals surface area (Å²) in [4.78, 5) is 0. The van der Waals surface area contributed by atoms with Gasteiger partial charge in [0.1, 0.15) is 18.0 Å². The summed E-state index contributed by atoms with van der Waals surface area (Å²) in [5.41, 5.74) is 0. The highest BCUT2D eigenvalue weighted by Gasteiger charge is 2.43. The topological polar surface area (TPSA) is 18.5 Å².